The van der Waals surface area contributed by atoms with Crippen molar-refractivity contribution in [2.75, 3.05) is 25.6 Å². The quantitative estimate of drug-likeness (QED) is 0.451. The van der Waals surface area contributed by atoms with Gasteiger partial charge in [-0.15, -0.1) is 0 Å². The van der Waals surface area contributed by atoms with Gasteiger partial charge in [0.05, 0.1) is 19.0 Å². The minimum atomic E-state index is -0.541. The van der Waals surface area contributed by atoms with Crippen molar-refractivity contribution in [2.24, 2.45) is 0 Å². The van der Waals surface area contributed by atoms with Crippen molar-refractivity contribution < 1.29 is 18.3 Å². The van der Waals surface area contributed by atoms with Crippen LogP contribution in [0.15, 0.2) is 24.7 Å². The molecular weight excluding hydrogens is 428 g/mol. The van der Waals surface area contributed by atoms with E-state index in [0.29, 0.717) is 37.3 Å². The van der Waals surface area contributed by atoms with Crippen LogP contribution in [-0.2, 0) is 28.9 Å². The highest BCUT2D eigenvalue weighted by Gasteiger charge is 2.27. The number of nitrogens with one attached hydrogen (secondary N) is 3. The second-order valence-electron chi connectivity index (χ2n) is 8.77. The van der Waals surface area contributed by atoms with Gasteiger partial charge in [-0.3, -0.25) is 4.79 Å². The van der Waals surface area contributed by atoms with E-state index in [0.717, 1.165) is 37.6 Å². The standard InChI is InChI=1S/C24H35F2N5O2/c1-4-5-22(29-19-7-6-17-10-18(25)11-21(26)20(17)12-19)24(32)30-23-13-31(15-28-23)9-8-27-16(2)14-33-3/h10-11,13,15-16,19,22,27,29H,4-9,12,14H2,1-3H3,(H,30,32)/t16?,19-,22-/m0/s1. The largest absolute Gasteiger partial charge is 0.383 e. The second kappa shape index (κ2) is 12.2. The zero-order chi connectivity index (χ0) is 23.8. The highest BCUT2D eigenvalue weighted by atomic mass is 19.1. The van der Waals surface area contributed by atoms with E-state index in [1.165, 1.54) is 6.07 Å². The number of amides is 1. The van der Waals surface area contributed by atoms with Gasteiger partial charge in [-0.1, -0.05) is 13.3 Å². The maximum atomic E-state index is 14.2. The van der Waals surface area contributed by atoms with Gasteiger partial charge >= 0.3 is 0 Å². The number of carbonyl (C=O) groups excluding carboxylic acids is 1. The lowest BCUT2D eigenvalue weighted by atomic mass is 9.87. The molecule has 2 aromatic rings. The number of methoxy groups -OCH3 is 1. The van der Waals surface area contributed by atoms with Gasteiger partial charge in [0.15, 0.2) is 5.82 Å². The van der Waals surface area contributed by atoms with Gasteiger partial charge in [0.2, 0.25) is 5.91 Å². The summed E-state index contributed by atoms with van der Waals surface area (Å²) >= 11 is 0. The molecule has 33 heavy (non-hydrogen) atoms. The van der Waals surface area contributed by atoms with Crippen LogP contribution in [0.25, 0.3) is 0 Å². The molecular formula is C24H35F2N5O2. The topological polar surface area (TPSA) is 80.2 Å². The Balaban J connectivity index is 1.54. The summed E-state index contributed by atoms with van der Waals surface area (Å²) < 4.78 is 34.8. The molecule has 1 unspecified atom stereocenters. The number of rotatable bonds is 12. The van der Waals surface area contributed by atoms with Crippen LogP contribution in [0.2, 0.25) is 0 Å². The maximum absolute atomic E-state index is 14.2. The minimum absolute atomic E-state index is 0.0440. The molecule has 1 heterocycles. The van der Waals surface area contributed by atoms with E-state index in [4.69, 9.17) is 4.74 Å². The highest BCUT2D eigenvalue weighted by molar-refractivity contribution is 5.94. The normalized spacial score (nSPS) is 17.4. The lowest BCUT2D eigenvalue weighted by Gasteiger charge is -2.29. The molecule has 182 valence electrons. The summed E-state index contributed by atoms with van der Waals surface area (Å²) in [6, 6.07) is 2.15. The van der Waals surface area contributed by atoms with E-state index >= 15 is 0 Å². The molecule has 1 aliphatic carbocycles. The lowest BCUT2D eigenvalue weighted by molar-refractivity contribution is -0.118. The van der Waals surface area contributed by atoms with E-state index < -0.39 is 17.7 Å². The molecule has 0 bridgehead atoms. The van der Waals surface area contributed by atoms with Crippen LogP contribution in [-0.4, -0.2) is 53.8 Å². The molecule has 3 N–H and O–H groups in total. The first-order valence-electron chi connectivity index (χ1n) is 11.7. The lowest BCUT2D eigenvalue weighted by Crippen LogP contribution is -2.48. The van der Waals surface area contributed by atoms with Crippen LogP contribution in [0.5, 0.6) is 0 Å². The average molecular weight is 464 g/mol. The fourth-order valence-corrected chi connectivity index (χ4v) is 4.30. The number of ether oxygens (including phenoxy) is 1. The van der Waals surface area contributed by atoms with Crippen LogP contribution in [0.3, 0.4) is 0 Å². The zero-order valence-electron chi connectivity index (χ0n) is 19.7. The Morgan fingerprint density at radius 3 is 2.94 bits per heavy atom. The van der Waals surface area contributed by atoms with Gasteiger partial charge in [-0.25, -0.2) is 13.8 Å². The molecule has 3 atom stereocenters. The van der Waals surface area contributed by atoms with Crippen molar-refractivity contribution in [3.05, 3.63) is 47.4 Å². The molecule has 1 aliphatic rings. The van der Waals surface area contributed by atoms with Crippen LogP contribution in [0.1, 0.15) is 44.2 Å². The Morgan fingerprint density at radius 2 is 2.18 bits per heavy atom. The summed E-state index contributed by atoms with van der Waals surface area (Å²) in [5.41, 5.74) is 1.27. The van der Waals surface area contributed by atoms with Gasteiger partial charge in [-0.2, -0.15) is 0 Å². The Kier molecular flexibility index (Phi) is 9.34. The zero-order valence-corrected chi connectivity index (χ0v) is 19.7. The number of aromatic nitrogens is 2. The summed E-state index contributed by atoms with van der Waals surface area (Å²) in [6.45, 7) is 6.21. The van der Waals surface area contributed by atoms with Gasteiger partial charge in [0.1, 0.15) is 11.6 Å². The Labute approximate surface area is 194 Å². The number of carbonyl (C=O) groups is 1. The smallest absolute Gasteiger partial charge is 0.242 e. The minimum Gasteiger partial charge on any atom is -0.383 e. The number of aryl methyl sites for hydroxylation is 1. The summed E-state index contributed by atoms with van der Waals surface area (Å²) in [5.74, 6) is -0.701. The van der Waals surface area contributed by atoms with Crippen molar-refractivity contribution >= 4 is 11.7 Å². The number of hydrogen-bond donors (Lipinski definition) is 3. The Bertz CT molecular complexity index is 920. The molecule has 0 aliphatic heterocycles. The number of hydrogen-bond acceptors (Lipinski definition) is 5. The summed E-state index contributed by atoms with van der Waals surface area (Å²) in [5, 5.41) is 9.65. The van der Waals surface area contributed by atoms with Gasteiger partial charge < -0.3 is 25.3 Å². The first kappa shape index (κ1) is 25.3. The molecule has 0 fully saturated rings. The molecule has 0 spiro atoms. The summed E-state index contributed by atoms with van der Waals surface area (Å²) in [7, 11) is 1.68. The molecule has 1 aromatic heterocycles. The Morgan fingerprint density at radius 1 is 1.36 bits per heavy atom. The molecule has 1 amide bonds. The highest BCUT2D eigenvalue weighted by Crippen LogP contribution is 2.25. The number of benzene rings is 1. The average Bonchev–Trinajstić information content (AvgIpc) is 3.21. The van der Waals surface area contributed by atoms with Crippen molar-refractivity contribution in [1.29, 1.82) is 0 Å². The number of anilines is 1. The predicted molar refractivity (Wildman–Crippen MR) is 124 cm³/mol. The fourth-order valence-electron chi connectivity index (χ4n) is 4.30. The number of halogens is 2. The predicted octanol–water partition coefficient (Wildman–Crippen LogP) is 3.04. The number of fused-ring (bicyclic) bond motifs is 1. The molecule has 7 nitrogen and oxygen atoms in total. The SMILES string of the molecule is CCC[C@H](N[C@H]1CCc2cc(F)cc(F)c2C1)C(=O)Nc1cn(CCNC(C)COC)cn1. The van der Waals surface area contributed by atoms with Crippen molar-refractivity contribution in [3.8, 4) is 0 Å². The van der Waals surface area contributed by atoms with Crippen LogP contribution in [0.4, 0.5) is 14.6 Å². The maximum Gasteiger partial charge on any atom is 0.242 e. The first-order valence-corrected chi connectivity index (χ1v) is 11.7. The third kappa shape index (κ3) is 7.31. The molecule has 9 heteroatoms. The molecule has 0 saturated carbocycles. The molecule has 1 aromatic carbocycles. The third-order valence-electron chi connectivity index (χ3n) is 5.96. The van der Waals surface area contributed by atoms with Crippen molar-refractivity contribution in [2.45, 2.75) is 70.6 Å². The van der Waals surface area contributed by atoms with E-state index in [2.05, 4.69) is 27.9 Å². The van der Waals surface area contributed by atoms with Crippen molar-refractivity contribution in [3.63, 3.8) is 0 Å². The monoisotopic (exact) mass is 463 g/mol. The second-order valence-corrected chi connectivity index (χ2v) is 8.77. The molecule has 0 radical (unpaired) electrons. The van der Waals surface area contributed by atoms with E-state index in [1.807, 2.05) is 17.7 Å². The fraction of sp³-hybridized carbons (Fsp3) is 0.583. The first-order chi connectivity index (χ1) is 15.9. The summed E-state index contributed by atoms with van der Waals surface area (Å²) in [6.07, 6.45) is 6.75. The van der Waals surface area contributed by atoms with E-state index in [9.17, 15) is 13.6 Å². The van der Waals surface area contributed by atoms with E-state index in [1.54, 1.807) is 13.4 Å². The van der Waals surface area contributed by atoms with Crippen LogP contribution >= 0.6 is 0 Å². The number of nitrogens with zero attached hydrogens (tertiary/aromatic N) is 2. The van der Waals surface area contributed by atoms with Crippen LogP contribution < -0.4 is 16.0 Å². The Hall–Kier alpha value is -2.36. The van der Waals surface area contributed by atoms with Gasteiger partial charge in [0.25, 0.3) is 0 Å². The number of imidazole rings is 1. The molecule has 0 saturated heterocycles. The van der Waals surface area contributed by atoms with Gasteiger partial charge in [0, 0.05) is 44.5 Å². The van der Waals surface area contributed by atoms with Gasteiger partial charge in [-0.05, 0) is 49.8 Å². The summed E-state index contributed by atoms with van der Waals surface area (Å²) in [4.78, 5) is 17.2. The van der Waals surface area contributed by atoms with Crippen molar-refractivity contribution in [1.82, 2.24) is 20.2 Å². The van der Waals surface area contributed by atoms with E-state index in [-0.39, 0.29) is 18.0 Å². The third-order valence-corrected chi connectivity index (χ3v) is 5.96. The van der Waals surface area contributed by atoms with Crippen LogP contribution in [0, 0.1) is 11.6 Å². The molecule has 3 rings (SSSR count).